The first-order chi connectivity index (χ1) is 13.5. The lowest BCUT2D eigenvalue weighted by atomic mass is 10.1. The predicted octanol–water partition coefficient (Wildman–Crippen LogP) is 1.92. The Labute approximate surface area is 163 Å². The van der Waals surface area contributed by atoms with Crippen molar-refractivity contribution >= 4 is 17.4 Å². The van der Waals surface area contributed by atoms with Crippen molar-refractivity contribution in [2.24, 2.45) is 7.05 Å². The minimum Gasteiger partial charge on any atom is -0.394 e. The molecule has 0 aliphatic carbocycles. The van der Waals surface area contributed by atoms with Gasteiger partial charge < -0.3 is 15.3 Å². The topological polar surface area (TPSA) is 88.2 Å². The van der Waals surface area contributed by atoms with Crippen molar-refractivity contribution in [3.05, 3.63) is 47.9 Å². The van der Waals surface area contributed by atoms with Gasteiger partial charge >= 0.3 is 0 Å². The number of hydrogen-bond acceptors (Lipinski definition) is 5. The Kier molecular flexibility index (Phi) is 4.87. The van der Waals surface area contributed by atoms with Crippen molar-refractivity contribution in [1.29, 1.82) is 0 Å². The average Bonchev–Trinajstić information content (AvgIpc) is 3.28. The summed E-state index contributed by atoms with van der Waals surface area (Å²) in [7, 11) is 1.95. The summed E-state index contributed by atoms with van der Waals surface area (Å²) in [5.41, 5.74) is 5.26. The number of rotatable bonds is 5. The molecule has 3 aromatic rings. The van der Waals surface area contributed by atoms with Gasteiger partial charge in [0.05, 0.1) is 25.9 Å². The quantitative estimate of drug-likeness (QED) is 0.706. The molecule has 4 rings (SSSR count). The van der Waals surface area contributed by atoms with Gasteiger partial charge in [-0.2, -0.15) is 10.2 Å². The number of carbonyl (C=O) groups excluding carboxylic acids is 1. The fourth-order valence-corrected chi connectivity index (χ4v) is 3.58. The molecule has 0 radical (unpaired) electrons. The van der Waals surface area contributed by atoms with Crippen LogP contribution in [0.3, 0.4) is 0 Å². The highest BCUT2D eigenvalue weighted by molar-refractivity contribution is 5.74. The zero-order valence-corrected chi connectivity index (χ0v) is 16.1. The van der Waals surface area contributed by atoms with Gasteiger partial charge in [-0.15, -0.1) is 0 Å². The van der Waals surface area contributed by atoms with Crippen LogP contribution in [0.1, 0.15) is 18.2 Å². The van der Waals surface area contributed by atoms with E-state index in [0.717, 1.165) is 41.2 Å². The van der Waals surface area contributed by atoms with Gasteiger partial charge in [-0.3, -0.25) is 14.2 Å². The second-order valence-corrected chi connectivity index (χ2v) is 7.01. The summed E-state index contributed by atoms with van der Waals surface area (Å²) >= 11 is 0. The van der Waals surface area contributed by atoms with E-state index in [4.69, 9.17) is 5.11 Å². The summed E-state index contributed by atoms with van der Waals surface area (Å²) < 4.78 is 3.63. The molecule has 0 unspecified atom stereocenters. The summed E-state index contributed by atoms with van der Waals surface area (Å²) in [6.45, 7) is 3.49. The van der Waals surface area contributed by atoms with Gasteiger partial charge in [-0.05, 0) is 17.7 Å². The highest BCUT2D eigenvalue weighted by Gasteiger charge is 2.25. The van der Waals surface area contributed by atoms with Crippen LogP contribution >= 0.6 is 0 Å². The Morgan fingerprint density at radius 3 is 2.75 bits per heavy atom. The van der Waals surface area contributed by atoms with Crippen molar-refractivity contribution in [2.45, 2.75) is 26.4 Å². The van der Waals surface area contributed by atoms with Crippen LogP contribution in [-0.2, 0) is 31.4 Å². The first-order valence-corrected chi connectivity index (χ1v) is 9.36. The third kappa shape index (κ3) is 3.50. The Morgan fingerprint density at radius 1 is 1.25 bits per heavy atom. The normalized spacial score (nSPS) is 13.5. The van der Waals surface area contributed by atoms with Crippen LogP contribution in [0.2, 0.25) is 0 Å². The minimum atomic E-state index is 0.0689. The SMILES string of the molecule is CC(=O)N1CCc2c(c(Nc3ccc(-c4cnn(CCO)c4)cc3)nn2C)C1. The summed E-state index contributed by atoms with van der Waals surface area (Å²) in [6.07, 6.45) is 4.53. The number of aliphatic hydroxyl groups excluding tert-OH is 1. The molecule has 1 aliphatic rings. The minimum absolute atomic E-state index is 0.0689. The third-order valence-electron chi connectivity index (χ3n) is 5.13. The fourth-order valence-electron chi connectivity index (χ4n) is 3.58. The summed E-state index contributed by atoms with van der Waals surface area (Å²) in [5.74, 6) is 0.888. The van der Waals surface area contributed by atoms with Gasteiger partial charge in [-0.25, -0.2) is 0 Å². The van der Waals surface area contributed by atoms with Gasteiger partial charge in [0, 0.05) is 55.6 Å². The predicted molar refractivity (Wildman–Crippen MR) is 106 cm³/mol. The van der Waals surface area contributed by atoms with Gasteiger partial charge in [0.2, 0.25) is 5.91 Å². The van der Waals surface area contributed by atoms with E-state index in [9.17, 15) is 4.79 Å². The average molecular weight is 380 g/mol. The highest BCUT2D eigenvalue weighted by Crippen LogP contribution is 2.29. The van der Waals surface area contributed by atoms with E-state index in [1.807, 2.05) is 47.1 Å². The molecule has 28 heavy (non-hydrogen) atoms. The number of anilines is 2. The summed E-state index contributed by atoms with van der Waals surface area (Å²) in [5, 5.41) is 21.3. The van der Waals surface area contributed by atoms with E-state index >= 15 is 0 Å². The lowest BCUT2D eigenvalue weighted by Crippen LogP contribution is -2.34. The first kappa shape index (κ1) is 18.2. The Bertz CT molecular complexity index is 989. The first-order valence-electron chi connectivity index (χ1n) is 9.36. The smallest absolute Gasteiger partial charge is 0.219 e. The van der Waals surface area contributed by atoms with Gasteiger partial charge in [0.1, 0.15) is 0 Å². The maximum absolute atomic E-state index is 11.8. The molecule has 0 saturated heterocycles. The van der Waals surface area contributed by atoms with Crippen LogP contribution in [0.25, 0.3) is 11.1 Å². The van der Waals surface area contributed by atoms with Crippen LogP contribution in [0, 0.1) is 0 Å². The van der Waals surface area contributed by atoms with E-state index in [2.05, 4.69) is 15.5 Å². The van der Waals surface area contributed by atoms with Crippen LogP contribution in [0.15, 0.2) is 36.7 Å². The number of hydrogen-bond donors (Lipinski definition) is 2. The zero-order valence-electron chi connectivity index (χ0n) is 16.1. The lowest BCUT2D eigenvalue weighted by molar-refractivity contribution is -0.129. The number of nitrogens with one attached hydrogen (secondary N) is 1. The molecule has 3 heterocycles. The van der Waals surface area contributed by atoms with E-state index in [-0.39, 0.29) is 12.5 Å². The van der Waals surface area contributed by atoms with Gasteiger partial charge in [0.15, 0.2) is 5.82 Å². The third-order valence-corrected chi connectivity index (χ3v) is 5.13. The molecule has 0 saturated carbocycles. The Morgan fingerprint density at radius 2 is 2.04 bits per heavy atom. The van der Waals surface area contributed by atoms with Crippen LogP contribution < -0.4 is 5.32 Å². The largest absolute Gasteiger partial charge is 0.394 e. The number of amides is 1. The zero-order chi connectivity index (χ0) is 19.7. The highest BCUT2D eigenvalue weighted by atomic mass is 16.3. The number of carbonyl (C=O) groups is 1. The van der Waals surface area contributed by atoms with Crippen molar-refractivity contribution < 1.29 is 9.90 Å². The standard InChI is InChI=1S/C20H24N6O2/c1-14(28)25-8-7-19-18(13-25)20(23-24(19)2)22-17-5-3-15(4-6-17)16-11-21-26(12-16)9-10-27/h3-6,11-12,27H,7-10,13H2,1-2H3,(H,22,23). The van der Waals surface area contributed by atoms with Gasteiger partial charge in [-0.1, -0.05) is 12.1 Å². The number of nitrogens with zero attached hydrogens (tertiary/aromatic N) is 5. The molecule has 1 amide bonds. The number of benzene rings is 1. The van der Waals surface area contributed by atoms with Crippen LogP contribution in [-0.4, -0.2) is 48.6 Å². The molecule has 2 N–H and O–H groups in total. The summed E-state index contributed by atoms with van der Waals surface area (Å²) in [4.78, 5) is 13.6. The summed E-state index contributed by atoms with van der Waals surface area (Å²) in [6, 6.07) is 8.07. The maximum atomic E-state index is 11.8. The van der Waals surface area contributed by atoms with E-state index in [1.54, 1.807) is 17.8 Å². The number of aryl methyl sites for hydroxylation is 1. The molecule has 8 heteroatoms. The molecule has 0 fully saturated rings. The second-order valence-electron chi connectivity index (χ2n) is 7.01. The van der Waals surface area contributed by atoms with Crippen molar-refractivity contribution in [3.63, 3.8) is 0 Å². The Hall–Kier alpha value is -3.13. The molecule has 0 spiro atoms. The Balaban J connectivity index is 1.53. The lowest BCUT2D eigenvalue weighted by Gasteiger charge is -2.26. The fraction of sp³-hybridized carbons (Fsp3) is 0.350. The molecule has 2 aromatic heterocycles. The van der Waals surface area contributed by atoms with Crippen molar-refractivity contribution in [2.75, 3.05) is 18.5 Å². The van der Waals surface area contributed by atoms with Crippen LogP contribution in [0.4, 0.5) is 11.5 Å². The monoisotopic (exact) mass is 380 g/mol. The van der Waals surface area contributed by atoms with E-state index in [1.165, 1.54) is 5.69 Å². The second kappa shape index (κ2) is 7.47. The number of aromatic nitrogens is 4. The van der Waals surface area contributed by atoms with Crippen molar-refractivity contribution in [3.8, 4) is 11.1 Å². The number of fused-ring (bicyclic) bond motifs is 1. The van der Waals surface area contributed by atoms with Crippen molar-refractivity contribution in [1.82, 2.24) is 24.5 Å². The molecule has 0 bridgehead atoms. The molecule has 1 aromatic carbocycles. The molecular weight excluding hydrogens is 356 g/mol. The van der Waals surface area contributed by atoms with Gasteiger partial charge in [0.25, 0.3) is 0 Å². The maximum Gasteiger partial charge on any atom is 0.219 e. The molecular formula is C20H24N6O2. The van der Waals surface area contributed by atoms with E-state index < -0.39 is 0 Å². The number of aliphatic hydroxyl groups is 1. The molecule has 1 aliphatic heterocycles. The molecule has 0 atom stereocenters. The molecule has 8 nitrogen and oxygen atoms in total. The molecule has 146 valence electrons. The van der Waals surface area contributed by atoms with E-state index in [0.29, 0.717) is 13.1 Å². The van der Waals surface area contributed by atoms with Crippen LogP contribution in [0.5, 0.6) is 0 Å².